The molecule has 0 radical (unpaired) electrons. The number of nitrogens with zero attached hydrogens (tertiary/aromatic N) is 1. The Morgan fingerprint density at radius 3 is 2.79 bits per heavy atom. The van der Waals surface area contributed by atoms with Crippen LogP contribution in [0.25, 0.3) is 6.08 Å². The molecule has 8 heteroatoms. The first kappa shape index (κ1) is 18.0. The first-order chi connectivity index (χ1) is 11.3. The molecule has 1 heterocycles. The van der Waals surface area contributed by atoms with Crippen molar-refractivity contribution in [2.75, 3.05) is 6.54 Å². The molecule has 0 unspecified atom stereocenters. The zero-order valence-electron chi connectivity index (χ0n) is 12.8. The smallest absolute Gasteiger partial charge is 0.405 e. The Morgan fingerprint density at radius 1 is 1.38 bits per heavy atom. The lowest BCUT2D eigenvalue weighted by Gasteiger charge is -2.08. The van der Waals surface area contributed by atoms with Crippen molar-refractivity contribution in [3.63, 3.8) is 0 Å². The summed E-state index contributed by atoms with van der Waals surface area (Å²) in [6, 6.07) is 6.93. The van der Waals surface area contributed by atoms with Gasteiger partial charge in [0.2, 0.25) is 5.91 Å². The van der Waals surface area contributed by atoms with Crippen LogP contribution in [-0.4, -0.2) is 23.6 Å². The average Bonchev–Trinajstić information content (AvgIpc) is 2.94. The van der Waals surface area contributed by atoms with Crippen LogP contribution in [0.3, 0.4) is 0 Å². The quantitative estimate of drug-likeness (QED) is 0.803. The molecule has 24 heavy (non-hydrogen) atoms. The molecule has 0 aliphatic rings. The third-order valence-electron chi connectivity index (χ3n) is 2.84. The predicted molar refractivity (Wildman–Crippen MR) is 85.7 cm³/mol. The summed E-state index contributed by atoms with van der Waals surface area (Å²) >= 11 is 1.52. The van der Waals surface area contributed by atoms with Gasteiger partial charge in [0.05, 0.1) is 10.7 Å². The van der Waals surface area contributed by atoms with Gasteiger partial charge in [0.15, 0.2) is 0 Å². The molecule has 0 atom stereocenters. The fourth-order valence-corrected chi connectivity index (χ4v) is 2.38. The highest BCUT2D eigenvalue weighted by Crippen LogP contribution is 2.21. The van der Waals surface area contributed by atoms with Crippen molar-refractivity contribution < 1.29 is 22.7 Å². The van der Waals surface area contributed by atoms with E-state index < -0.39 is 18.6 Å². The molecule has 1 N–H and O–H groups in total. The maximum Gasteiger partial charge on any atom is 0.405 e. The lowest BCUT2D eigenvalue weighted by atomic mass is 10.2. The lowest BCUT2D eigenvalue weighted by Crippen LogP contribution is -2.32. The van der Waals surface area contributed by atoms with Gasteiger partial charge >= 0.3 is 6.18 Å². The van der Waals surface area contributed by atoms with Crippen LogP contribution in [0.4, 0.5) is 13.2 Å². The monoisotopic (exact) mass is 356 g/mol. The first-order valence-corrected chi connectivity index (χ1v) is 7.87. The van der Waals surface area contributed by atoms with Crippen LogP contribution in [0.1, 0.15) is 16.3 Å². The molecular formula is C16H15F3N2O2S. The number of amides is 1. The van der Waals surface area contributed by atoms with Crippen molar-refractivity contribution in [1.29, 1.82) is 0 Å². The topological polar surface area (TPSA) is 51.2 Å². The number of carbonyl (C=O) groups excluding carboxylic acids is 1. The van der Waals surface area contributed by atoms with Crippen molar-refractivity contribution in [3.05, 3.63) is 52.0 Å². The molecule has 128 valence electrons. The van der Waals surface area contributed by atoms with E-state index in [1.165, 1.54) is 17.4 Å². The molecule has 4 nitrogen and oxygen atoms in total. The van der Waals surface area contributed by atoms with Crippen molar-refractivity contribution >= 4 is 23.3 Å². The van der Waals surface area contributed by atoms with Crippen molar-refractivity contribution in [1.82, 2.24) is 10.3 Å². The van der Waals surface area contributed by atoms with Crippen molar-refractivity contribution in [2.45, 2.75) is 19.7 Å². The Kier molecular flexibility index (Phi) is 5.97. The minimum absolute atomic E-state index is 0.273. The van der Waals surface area contributed by atoms with Gasteiger partial charge in [0.1, 0.15) is 18.9 Å². The van der Waals surface area contributed by atoms with Crippen LogP contribution < -0.4 is 10.1 Å². The largest absolute Gasteiger partial charge is 0.487 e. The zero-order valence-corrected chi connectivity index (χ0v) is 13.6. The molecule has 0 bridgehead atoms. The Morgan fingerprint density at radius 2 is 2.12 bits per heavy atom. The zero-order chi connectivity index (χ0) is 17.6. The van der Waals surface area contributed by atoms with E-state index in [0.29, 0.717) is 11.3 Å². The van der Waals surface area contributed by atoms with E-state index in [2.05, 4.69) is 4.98 Å². The summed E-state index contributed by atoms with van der Waals surface area (Å²) in [5.74, 6) is -0.305. The fourth-order valence-electron chi connectivity index (χ4n) is 1.79. The number of ether oxygens (including phenoxy) is 1. The Hall–Kier alpha value is -2.35. The van der Waals surface area contributed by atoms with E-state index in [1.54, 1.807) is 29.6 Å². The van der Waals surface area contributed by atoms with E-state index in [-0.39, 0.29) is 6.61 Å². The Balaban J connectivity index is 1.97. The maximum absolute atomic E-state index is 12.0. The predicted octanol–water partition coefficient (Wildman–Crippen LogP) is 3.72. The van der Waals surface area contributed by atoms with Gasteiger partial charge in [-0.2, -0.15) is 13.2 Å². The van der Waals surface area contributed by atoms with Crippen LogP contribution in [0.15, 0.2) is 35.7 Å². The molecule has 0 spiro atoms. The van der Waals surface area contributed by atoms with Crippen LogP contribution >= 0.6 is 11.3 Å². The third kappa shape index (κ3) is 6.04. The number of carbonyl (C=O) groups is 1. The summed E-state index contributed by atoms with van der Waals surface area (Å²) in [7, 11) is 0. The molecule has 1 aromatic heterocycles. The number of para-hydroxylation sites is 1. The van der Waals surface area contributed by atoms with E-state index >= 15 is 0 Å². The van der Waals surface area contributed by atoms with E-state index in [0.717, 1.165) is 16.8 Å². The Bertz CT molecular complexity index is 726. The molecule has 0 aliphatic carbocycles. The second-order valence-electron chi connectivity index (χ2n) is 4.85. The van der Waals surface area contributed by atoms with Crippen LogP contribution in [0, 0.1) is 6.92 Å². The van der Waals surface area contributed by atoms with Crippen LogP contribution in [0.2, 0.25) is 0 Å². The number of benzene rings is 1. The van der Waals surface area contributed by atoms with Crippen LogP contribution in [0.5, 0.6) is 5.75 Å². The highest BCUT2D eigenvalue weighted by molar-refractivity contribution is 7.09. The number of rotatable bonds is 6. The molecular weight excluding hydrogens is 341 g/mol. The van der Waals surface area contributed by atoms with Crippen molar-refractivity contribution in [3.8, 4) is 5.75 Å². The summed E-state index contributed by atoms with van der Waals surface area (Å²) in [4.78, 5) is 15.7. The van der Waals surface area contributed by atoms with Gasteiger partial charge in [-0.05, 0) is 19.1 Å². The molecule has 2 rings (SSSR count). The minimum atomic E-state index is -4.43. The maximum atomic E-state index is 12.0. The molecule has 1 aromatic carbocycles. The highest BCUT2D eigenvalue weighted by atomic mass is 32.1. The summed E-state index contributed by atoms with van der Waals surface area (Å²) in [6.07, 6.45) is -1.98. The SMILES string of the molecule is Cc1nc(COc2ccccc2/C=C/C(=O)NCC(F)(F)F)cs1. The number of aryl methyl sites for hydroxylation is 1. The molecule has 0 saturated carbocycles. The number of nitrogens with one attached hydrogen (secondary N) is 1. The summed E-state index contributed by atoms with van der Waals surface area (Å²) in [5.41, 5.74) is 1.38. The number of halogens is 3. The lowest BCUT2D eigenvalue weighted by molar-refractivity contribution is -0.135. The number of hydrogen-bond donors (Lipinski definition) is 1. The second kappa shape index (κ2) is 7.96. The van der Waals surface area contributed by atoms with Gasteiger partial charge in [-0.1, -0.05) is 18.2 Å². The second-order valence-corrected chi connectivity index (χ2v) is 5.91. The number of thiazole rings is 1. The van der Waals surface area contributed by atoms with E-state index in [1.807, 2.05) is 12.3 Å². The molecule has 0 fully saturated rings. The normalized spacial score (nSPS) is 11.7. The highest BCUT2D eigenvalue weighted by Gasteiger charge is 2.27. The summed E-state index contributed by atoms with van der Waals surface area (Å²) in [5, 5.41) is 4.59. The van der Waals surface area contributed by atoms with Gasteiger partial charge in [0, 0.05) is 17.0 Å². The number of hydrogen-bond acceptors (Lipinski definition) is 4. The van der Waals surface area contributed by atoms with Gasteiger partial charge in [-0.25, -0.2) is 4.98 Å². The van der Waals surface area contributed by atoms with Crippen LogP contribution in [-0.2, 0) is 11.4 Å². The molecule has 1 amide bonds. The fraction of sp³-hybridized carbons (Fsp3) is 0.250. The Labute approximate surface area is 141 Å². The average molecular weight is 356 g/mol. The van der Waals surface area contributed by atoms with Gasteiger partial charge in [-0.3, -0.25) is 4.79 Å². The molecule has 0 aliphatic heterocycles. The summed E-state index contributed by atoms with van der Waals surface area (Å²) < 4.78 is 41.8. The standard InChI is InChI=1S/C16H15F3N2O2S/c1-11-21-13(9-24-11)8-23-14-5-3-2-4-12(14)6-7-15(22)20-10-16(17,18)19/h2-7,9H,8,10H2,1H3,(H,20,22)/b7-6+. The van der Waals surface area contributed by atoms with Gasteiger partial charge in [0.25, 0.3) is 0 Å². The first-order valence-electron chi connectivity index (χ1n) is 6.99. The minimum Gasteiger partial charge on any atom is -0.487 e. The van der Waals surface area contributed by atoms with E-state index in [9.17, 15) is 18.0 Å². The van der Waals surface area contributed by atoms with E-state index in [4.69, 9.17) is 4.74 Å². The third-order valence-corrected chi connectivity index (χ3v) is 3.66. The number of alkyl halides is 3. The van der Waals surface area contributed by atoms with Gasteiger partial charge < -0.3 is 10.1 Å². The number of aromatic nitrogens is 1. The molecule has 2 aromatic rings. The van der Waals surface area contributed by atoms with Crippen molar-refractivity contribution in [2.24, 2.45) is 0 Å². The summed E-state index contributed by atoms with van der Waals surface area (Å²) in [6.45, 7) is 0.803. The van der Waals surface area contributed by atoms with Gasteiger partial charge in [-0.15, -0.1) is 11.3 Å². The molecule has 0 saturated heterocycles.